The lowest BCUT2D eigenvalue weighted by atomic mass is 10.2. The van der Waals surface area contributed by atoms with Gasteiger partial charge in [0.05, 0.1) is 22.8 Å². The minimum atomic E-state index is -3.84. The Labute approximate surface area is 151 Å². The number of rotatable bonds is 3. The molecule has 0 spiro atoms. The normalized spacial score (nSPS) is 13.8. The van der Waals surface area contributed by atoms with E-state index in [0.29, 0.717) is 35.3 Å². The molecule has 0 atom stereocenters. The summed E-state index contributed by atoms with van der Waals surface area (Å²) in [5, 5.41) is 0.435. The van der Waals surface area contributed by atoms with E-state index in [4.69, 9.17) is 16.3 Å². The number of nitrogens with one attached hydrogen (secondary N) is 1. The Kier molecular flexibility index (Phi) is 4.62. The quantitative estimate of drug-likeness (QED) is 0.887. The van der Waals surface area contributed by atoms with Gasteiger partial charge in [-0.15, -0.1) is 0 Å². The number of hydrogen-bond acceptors (Lipinski definition) is 4. The Morgan fingerprint density at radius 3 is 2.72 bits per heavy atom. The molecule has 2 aromatic carbocycles. The number of sulfonamides is 1. The van der Waals surface area contributed by atoms with Gasteiger partial charge in [-0.1, -0.05) is 17.7 Å². The maximum atomic E-state index is 12.7. The van der Waals surface area contributed by atoms with Crippen LogP contribution in [0.4, 0.5) is 11.4 Å². The molecule has 0 bridgehead atoms. The van der Waals surface area contributed by atoms with Crippen molar-refractivity contribution < 1.29 is 17.9 Å². The van der Waals surface area contributed by atoms with Crippen LogP contribution in [0.25, 0.3) is 0 Å². The monoisotopic (exact) mass is 380 g/mol. The van der Waals surface area contributed by atoms with Crippen LogP contribution in [0.3, 0.4) is 0 Å². The Morgan fingerprint density at radius 2 is 2.00 bits per heavy atom. The molecule has 0 saturated carbocycles. The molecule has 2 aromatic rings. The predicted octanol–water partition coefficient (Wildman–Crippen LogP) is 3.19. The fourth-order valence-electron chi connectivity index (χ4n) is 2.60. The van der Waals surface area contributed by atoms with E-state index in [2.05, 4.69) is 4.72 Å². The van der Waals surface area contributed by atoms with Crippen molar-refractivity contribution in [1.29, 1.82) is 0 Å². The van der Waals surface area contributed by atoms with E-state index in [0.717, 1.165) is 5.56 Å². The Balaban J connectivity index is 1.99. The fourth-order valence-corrected chi connectivity index (χ4v) is 3.91. The molecule has 132 valence electrons. The summed E-state index contributed by atoms with van der Waals surface area (Å²) in [6.07, 6.45) is 0. The highest BCUT2D eigenvalue weighted by Crippen LogP contribution is 2.34. The SMILES string of the molecule is CC(=O)N1CCOc2ccc(S(=O)(=O)Nc3cc(Cl)ccc3C)cc21. The first-order valence-electron chi connectivity index (χ1n) is 7.62. The summed E-state index contributed by atoms with van der Waals surface area (Å²) in [7, 11) is -3.84. The summed E-state index contributed by atoms with van der Waals surface area (Å²) in [5.41, 5.74) is 1.61. The van der Waals surface area contributed by atoms with Crippen molar-refractivity contribution in [3.8, 4) is 5.75 Å². The number of benzene rings is 2. The van der Waals surface area contributed by atoms with Gasteiger partial charge in [0.1, 0.15) is 12.4 Å². The lowest BCUT2D eigenvalue weighted by molar-refractivity contribution is -0.116. The van der Waals surface area contributed by atoms with Gasteiger partial charge in [-0.05, 0) is 42.8 Å². The number of nitrogens with zero attached hydrogens (tertiary/aromatic N) is 1. The highest BCUT2D eigenvalue weighted by atomic mass is 35.5. The van der Waals surface area contributed by atoms with Gasteiger partial charge in [0.15, 0.2) is 0 Å². The van der Waals surface area contributed by atoms with Gasteiger partial charge in [-0.2, -0.15) is 0 Å². The van der Waals surface area contributed by atoms with E-state index in [1.807, 2.05) is 0 Å². The summed E-state index contributed by atoms with van der Waals surface area (Å²) in [4.78, 5) is 13.3. The van der Waals surface area contributed by atoms with Gasteiger partial charge in [-0.25, -0.2) is 8.42 Å². The minimum Gasteiger partial charge on any atom is -0.490 e. The molecule has 1 N–H and O–H groups in total. The molecule has 0 radical (unpaired) electrons. The van der Waals surface area contributed by atoms with Crippen molar-refractivity contribution in [2.45, 2.75) is 18.7 Å². The molecular weight excluding hydrogens is 364 g/mol. The van der Waals surface area contributed by atoms with Gasteiger partial charge < -0.3 is 9.64 Å². The number of carbonyl (C=O) groups excluding carboxylic acids is 1. The minimum absolute atomic E-state index is 0.0439. The average Bonchev–Trinajstić information content (AvgIpc) is 2.56. The molecule has 1 amide bonds. The van der Waals surface area contributed by atoms with E-state index in [1.54, 1.807) is 31.2 Å². The van der Waals surface area contributed by atoms with Crippen LogP contribution < -0.4 is 14.4 Å². The van der Waals surface area contributed by atoms with Crippen LogP contribution in [0.5, 0.6) is 5.75 Å². The number of fused-ring (bicyclic) bond motifs is 1. The number of amides is 1. The van der Waals surface area contributed by atoms with Crippen LogP contribution >= 0.6 is 11.6 Å². The van der Waals surface area contributed by atoms with Crippen molar-refractivity contribution in [2.75, 3.05) is 22.8 Å². The van der Waals surface area contributed by atoms with E-state index in [1.165, 1.54) is 24.0 Å². The number of carbonyl (C=O) groups is 1. The molecule has 0 saturated heterocycles. The van der Waals surface area contributed by atoms with Crippen LogP contribution in [0.15, 0.2) is 41.3 Å². The summed E-state index contributed by atoms with van der Waals surface area (Å²) < 4.78 is 33.5. The zero-order chi connectivity index (χ0) is 18.2. The molecule has 6 nitrogen and oxygen atoms in total. The molecule has 8 heteroatoms. The number of aryl methyl sites for hydroxylation is 1. The first-order chi connectivity index (χ1) is 11.8. The Hall–Kier alpha value is -2.25. The van der Waals surface area contributed by atoms with Crippen LogP contribution in [-0.2, 0) is 14.8 Å². The molecule has 1 aliphatic heterocycles. The highest BCUT2D eigenvalue weighted by molar-refractivity contribution is 7.92. The Morgan fingerprint density at radius 1 is 1.24 bits per heavy atom. The Bertz CT molecular complexity index is 944. The van der Waals surface area contributed by atoms with E-state index < -0.39 is 10.0 Å². The lowest BCUT2D eigenvalue weighted by Crippen LogP contribution is -2.36. The van der Waals surface area contributed by atoms with Crippen molar-refractivity contribution in [3.63, 3.8) is 0 Å². The smallest absolute Gasteiger partial charge is 0.261 e. The first kappa shape index (κ1) is 17.6. The molecule has 0 unspecified atom stereocenters. The zero-order valence-electron chi connectivity index (χ0n) is 13.7. The second kappa shape index (κ2) is 6.57. The molecule has 3 rings (SSSR count). The van der Waals surface area contributed by atoms with Gasteiger partial charge in [0.25, 0.3) is 10.0 Å². The third-order valence-electron chi connectivity index (χ3n) is 3.93. The lowest BCUT2D eigenvalue weighted by Gasteiger charge is -2.29. The predicted molar refractivity (Wildman–Crippen MR) is 97.0 cm³/mol. The second-order valence-electron chi connectivity index (χ2n) is 5.71. The summed E-state index contributed by atoms with van der Waals surface area (Å²) in [6.45, 7) is 3.97. The van der Waals surface area contributed by atoms with Crippen molar-refractivity contribution in [3.05, 3.63) is 47.0 Å². The molecule has 0 fully saturated rings. The van der Waals surface area contributed by atoms with Crippen molar-refractivity contribution in [2.24, 2.45) is 0 Å². The number of anilines is 2. The summed E-state index contributed by atoms with van der Waals surface area (Å²) in [6, 6.07) is 9.43. The third kappa shape index (κ3) is 3.57. The highest BCUT2D eigenvalue weighted by Gasteiger charge is 2.25. The van der Waals surface area contributed by atoms with Crippen LogP contribution in [0.1, 0.15) is 12.5 Å². The number of halogens is 1. The maximum absolute atomic E-state index is 12.7. The summed E-state index contributed by atoms with van der Waals surface area (Å²) in [5.74, 6) is 0.317. The van der Waals surface area contributed by atoms with Crippen molar-refractivity contribution >= 4 is 38.9 Å². The number of ether oxygens (including phenoxy) is 1. The molecular formula is C17H17ClN2O4S. The van der Waals surface area contributed by atoms with Gasteiger partial charge in [0.2, 0.25) is 5.91 Å². The fraction of sp³-hybridized carbons (Fsp3) is 0.235. The molecule has 1 aliphatic rings. The number of hydrogen-bond donors (Lipinski definition) is 1. The average molecular weight is 381 g/mol. The van der Waals surface area contributed by atoms with Crippen LogP contribution in [0.2, 0.25) is 5.02 Å². The third-order valence-corrected chi connectivity index (χ3v) is 5.53. The molecule has 0 aromatic heterocycles. The zero-order valence-corrected chi connectivity index (χ0v) is 15.3. The topological polar surface area (TPSA) is 75.7 Å². The summed E-state index contributed by atoms with van der Waals surface area (Å²) >= 11 is 5.94. The maximum Gasteiger partial charge on any atom is 0.261 e. The van der Waals surface area contributed by atoms with Gasteiger partial charge in [0, 0.05) is 11.9 Å². The van der Waals surface area contributed by atoms with E-state index in [-0.39, 0.29) is 10.8 Å². The van der Waals surface area contributed by atoms with Crippen LogP contribution in [0, 0.1) is 6.92 Å². The first-order valence-corrected chi connectivity index (χ1v) is 9.48. The van der Waals surface area contributed by atoms with Crippen molar-refractivity contribution in [1.82, 2.24) is 0 Å². The molecule has 1 heterocycles. The van der Waals surface area contributed by atoms with Gasteiger partial charge >= 0.3 is 0 Å². The second-order valence-corrected chi connectivity index (χ2v) is 7.83. The molecule has 0 aliphatic carbocycles. The van der Waals surface area contributed by atoms with Crippen LogP contribution in [-0.4, -0.2) is 27.5 Å². The molecule has 25 heavy (non-hydrogen) atoms. The largest absolute Gasteiger partial charge is 0.490 e. The van der Waals surface area contributed by atoms with E-state index >= 15 is 0 Å². The van der Waals surface area contributed by atoms with Gasteiger partial charge in [-0.3, -0.25) is 9.52 Å². The van der Waals surface area contributed by atoms with E-state index in [9.17, 15) is 13.2 Å². The standard InChI is InChI=1S/C17H17ClN2O4S/c1-11-3-4-13(18)9-15(11)19-25(22,23)14-5-6-17-16(10-14)20(12(2)21)7-8-24-17/h3-6,9-10,19H,7-8H2,1-2H3.